The topological polar surface area (TPSA) is 52.6 Å². The largest absolute Gasteiger partial charge is 0.463 e. The summed E-state index contributed by atoms with van der Waals surface area (Å²) in [6.07, 6.45) is 9.26. The molecule has 0 aliphatic heterocycles. The second kappa shape index (κ2) is 6.27. The molecular weight excluding hydrogens is 336 g/mol. The Kier molecular flexibility index (Phi) is 4.57. The maximum Gasteiger partial charge on any atom is 0.344 e. The summed E-state index contributed by atoms with van der Waals surface area (Å²) in [5.74, 6) is 1.90. The van der Waals surface area contributed by atoms with E-state index in [9.17, 15) is 9.59 Å². The van der Waals surface area contributed by atoms with Crippen molar-refractivity contribution in [2.45, 2.75) is 44.9 Å². The van der Waals surface area contributed by atoms with Gasteiger partial charge >= 0.3 is 11.9 Å². The Morgan fingerprint density at radius 3 is 2.05 bits per heavy atom. The van der Waals surface area contributed by atoms with Gasteiger partial charge < -0.3 is 9.47 Å². The fourth-order valence-corrected chi connectivity index (χ4v) is 5.36. The van der Waals surface area contributed by atoms with Crippen molar-refractivity contribution >= 4 is 27.9 Å². The Bertz CT molecular complexity index is 385. The molecule has 4 aliphatic carbocycles. The van der Waals surface area contributed by atoms with E-state index in [1.807, 2.05) is 0 Å². The highest BCUT2D eigenvalue weighted by Crippen LogP contribution is 2.61. The van der Waals surface area contributed by atoms with Gasteiger partial charge in [0.1, 0.15) is 5.33 Å². The van der Waals surface area contributed by atoms with Gasteiger partial charge in [-0.15, -0.1) is 0 Å². The Balaban J connectivity index is 1.41. The number of rotatable bonds is 6. The lowest BCUT2D eigenvalue weighted by molar-refractivity contribution is -0.158. The Morgan fingerprint density at radius 2 is 1.52 bits per heavy atom. The minimum atomic E-state index is -0.437. The van der Waals surface area contributed by atoms with Gasteiger partial charge in [-0.3, -0.25) is 4.79 Å². The summed E-state index contributed by atoms with van der Waals surface area (Å²) in [7, 11) is 0. The molecule has 0 radical (unpaired) electrons. The number of hydrogen-bond acceptors (Lipinski definition) is 4. The maximum atomic E-state index is 11.5. The standard InChI is InChI=1S/C16H23BrO4/c17-9-14(18)21-10-15(19)20-2-1-16-6-11-3-12(7-16)5-13(4-11)8-16/h11-13H,1-10H2. The van der Waals surface area contributed by atoms with Gasteiger partial charge in [-0.05, 0) is 68.1 Å². The van der Waals surface area contributed by atoms with Crippen LogP contribution in [0.4, 0.5) is 0 Å². The van der Waals surface area contributed by atoms with Crippen molar-refractivity contribution in [1.82, 2.24) is 0 Å². The van der Waals surface area contributed by atoms with E-state index in [2.05, 4.69) is 15.9 Å². The van der Waals surface area contributed by atoms with Gasteiger partial charge in [0, 0.05) is 0 Å². The Morgan fingerprint density at radius 1 is 0.952 bits per heavy atom. The summed E-state index contributed by atoms with van der Waals surface area (Å²) in [4.78, 5) is 22.5. The van der Waals surface area contributed by atoms with Crippen molar-refractivity contribution in [2.24, 2.45) is 23.2 Å². The summed E-state index contributed by atoms with van der Waals surface area (Å²) in [5.41, 5.74) is 0.432. The number of ether oxygens (including phenoxy) is 2. The molecule has 118 valence electrons. The summed E-state index contributed by atoms with van der Waals surface area (Å²) >= 11 is 2.98. The highest BCUT2D eigenvalue weighted by atomic mass is 79.9. The molecule has 4 aliphatic rings. The van der Waals surface area contributed by atoms with E-state index in [0.717, 1.165) is 24.2 Å². The lowest BCUT2D eigenvalue weighted by atomic mass is 9.49. The number of carbonyl (C=O) groups is 2. The minimum Gasteiger partial charge on any atom is -0.463 e. The molecule has 0 aromatic heterocycles. The monoisotopic (exact) mass is 358 g/mol. The first kappa shape index (κ1) is 15.3. The van der Waals surface area contributed by atoms with Crippen molar-refractivity contribution in [2.75, 3.05) is 18.5 Å². The minimum absolute atomic E-state index is 0.105. The van der Waals surface area contributed by atoms with Crippen molar-refractivity contribution in [3.63, 3.8) is 0 Å². The molecule has 4 rings (SSSR count). The molecule has 4 fully saturated rings. The van der Waals surface area contributed by atoms with Gasteiger partial charge in [-0.2, -0.15) is 0 Å². The Hall–Kier alpha value is -0.580. The lowest BCUT2D eigenvalue weighted by Crippen LogP contribution is -2.46. The van der Waals surface area contributed by atoms with Crippen LogP contribution >= 0.6 is 15.9 Å². The molecular formula is C16H23BrO4. The zero-order chi connectivity index (χ0) is 14.9. The van der Waals surface area contributed by atoms with Gasteiger partial charge in [0.15, 0.2) is 6.61 Å². The quantitative estimate of drug-likeness (QED) is 0.540. The zero-order valence-corrected chi connectivity index (χ0v) is 13.9. The van der Waals surface area contributed by atoms with Crippen LogP contribution in [0.1, 0.15) is 44.9 Å². The third-order valence-electron chi connectivity index (χ3n) is 5.52. The molecule has 5 heteroatoms. The number of alkyl halides is 1. The summed E-state index contributed by atoms with van der Waals surface area (Å²) < 4.78 is 9.98. The van der Waals surface area contributed by atoms with Gasteiger partial charge in [0.05, 0.1) is 6.61 Å². The Labute approximate surface area is 134 Å². The van der Waals surface area contributed by atoms with E-state index >= 15 is 0 Å². The molecule has 4 nitrogen and oxygen atoms in total. The molecule has 4 bridgehead atoms. The smallest absolute Gasteiger partial charge is 0.344 e. The molecule has 0 heterocycles. The number of halogens is 1. The first-order valence-electron chi connectivity index (χ1n) is 7.96. The van der Waals surface area contributed by atoms with E-state index in [-0.39, 0.29) is 11.9 Å². The zero-order valence-electron chi connectivity index (χ0n) is 12.3. The fourth-order valence-electron chi connectivity index (χ4n) is 5.20. The average molecular weight is 359 g/mol. The third kappa shape index (κ3) is 3.61. The molecule has 0 amide bonds. The molecule has 0 saturated heterocycles. The first-order chi connectivity index (χ1) is 10.1. The van der Waals surface area contributed by atoms with E-state index < -0.39 is 11.9 Å². The van der Waals surface area contributed by atoms with Crippen LogP contribution in [0.3, 0.4) is 0 Å². The van der Waals surface area contributed by atoms with E-state index in [0.29, 0.717) is 12.0 Å². The van der Waals surface area contributed by atoms with E-state index in [1.165, 1.54) is 38.5 Å². The van der Waals surface area contributed by atoms with Crippen molar-refractivity contribution < 1.29 is 19.1 Å². The van der Waals surface area contributed by atoms with Gasteiger partial charge in [-0.1, -0.05) is 15.9 Å². The van der Waals surface area contributed by atoms with Crippen molar-refractivity contribution in [3.8, 4) is 0 Å². The summed E-state index contributed by atoms with van der Waals surface area (Å²) in [6, 6.07) is 0. The summed E-state index contributed by atoms with van der Waals surface area (Å²) in [5, 5.41) is 0.105. The van der Waals surface area contributed by atoms with Crippen LogP contribution in [0, 0.1) is 23.2 Å². The van der Waals surface area contributed by atoms with Crippen LogP contribution in [0.25, 0.3) is 0 Å². The molecule has 0 aromatic carbocycles. The highest BCUT2D eigenvalue weighted by molar-refractivity contribution is 9.09. The number of carbonyl (C=O) groups excluding carboxylic acids is 2. The fraction of sp³-hybridized carbons (Fsp3) is 0.875. The predicted octanol–water partition coefficient (Wildman–Crippen LogP) is 3.07. The third-order valence-corrected chi connectivity index (χ3v) is 5.98. The van der Waals surface area contributed by atoms with Crippen LogP contribution in [0.5, 0.6) is 0 Å². The van der Waals surface area contributed by atoms with Crippen LogP contribution in [0.2, 0.25) is 0 Å². The van der Waals surface area contributed by atoms with Gasteiger partial charge in [-0.25, -0.2) is 4.79 Å². The van der Waals surface area contributed by atoms with Crippen molar-refractivity contribution in [1.29, 1.82) is 0 Å². The van der Waals surface area contributed by atoms with Crippen LogP contribution in [-0.2, 0) is 19.1 Å². The molecule has 0 aromatic rings. The van der Waals surface area contributed by atoms with E-state index in [4.69, 9.17) is 9.47 Å². The SMILES string of the molecule is O=C(CBr)OCC(=O)OCCC12CC3CC(CC(C3)C1)C2. The van der Waals surface area contributed by atoms with Gasteiger partial charge in [0.25, 0.3) is 0 Å². The molecule has 0 N–H and O–H groups in total. The normalized spacial score (nSPS) is 36.5. The molecule has 4 saturated carbocycles. The molecule has 0 spiro atoms. The lowest BCUT2D eigenvalue weighted by Gasteiger charge is -2.57. The number of esters is 2. The number of hydrogen-bond donors (Lipinski definition) is 0. The molecule has 21 heavy (non-hydrogen) atoms. The molecule has 0 unspecified atom stereocenters. The van der Waals surface area contributed by atoms with Crippen LogP contribution in [-0.4, -0.2) is 30.5 Å². The predicted molar refractivity (Wildman–Crippen MR) is 80.9 cm³/mol. The average Bonchev–Trinajstić information content (AvgIpc) is 2.43. The molecule has 0 atom stereocenters. The second-order valence-corrected chi connectivity index (χ2v) is 7.74. The highest BCUT2D eigenvalue weighted by Gasteiger charge is 2.50. The second-order valence-electron chi connectivity index (χ2n) is 7.18. The summed E-state index contributed by atoms with van der Waals surface area (Å²) in [6.45, 7) is 0.197. The van der Waals surface area contributed by atoms with Crippen molar-refractivity contribution in [3.05, 3.63) is 0 Å². The maximum absolute atomic E-state index is 11.5. The van der Waals surface area contributed by atoms with E-state index in [1.54, 1.807) is 0 Å². The first-order valence-corrected chi connectivity index (χ1v) is 9.08. The van der Waals surface area contributed by atoms with Crippen LogP contribution < -0.4 is 0 Å². The van der Waals surface area contributed by atoms with Gasteiger partial charge in [0.2, 0.25) is 0 Å². The van der Waals surface area contributed by atoms with Crippen LogP contribution in [0.15, 0.2) is 0 Å².